The lowest BCUT2D eigenvalue weighted by molar-refractivity contribution is 0.0921. The van der Waals surface area contributed by atoms with Crippen molar-refractivity contribution in [1.82, 2.24) is 4.98 Å². The third-order valence-corrected chi connectivity index (χ3v) is 23.2. The Labute approximate surface area is 294 Å². The molecule has 1 unspecified atom stereocenters. The molecule has 3 aliphatic carbocycles. The van der Waals surface area contributed by atoms with Gasteiger partial charge in [0.2, 0.25) is 0 Å². The predicted molar refractivity (Wildman–Crippen MR) is 206 cm³/mol. The molecule has 3 fully saturated rings. The molecule has 1 heterocycles. The van der Waals surface area contributed by atoms with E-state index in [4.69, 9.17) is 8.85 Å². The summed E-state index contributed by atoms with van der Waals surface area (Å²) in [4.78, 5) is 4.20. The molecule has 47 heavy (non-hydrogen) atoms. The van der Waals surface area contributed by atoms with Gasteiger partial charge in [0, 0.05) is 18.0 Å². The standard InChI is InChI=1S/C40H68FNO2SSi2/c1-28(16-14-18-35(41)37-42-24-25-45-37)33-21-22-34-30(17-15-23-40(33,34)9)19-20-31-26-32(43-46(10,11)38(3,4)5)27-36(29(31)2)44-47(12,13)39(6,7)8/h19-20,24-25,28,32-36H,2,14-18,21-23,26-27H2,1,3-13H3/b30-19+,31-20-/t28-,32-,33-,34+,35?,36+,40-/m1/s1. The third kappa shape index (κ3) is 8.90. The molecule has 266 valence electrons. The van der Waals surface area contributed by atoms with Crippen LogP contribution in [0.3, 0.4) is 0 Å². The van der Waals surface area contributed by atoms with Crippen molar-refractivity contribution in [2.75, 3.05) is 0 Å². The van der Waals surface area contributed by atoms with Gasteiger partial charge in [-0.05, 0) is 122 Å². The second kappa shape index (κ2) is 14.8. The van der Waals surface area contributed by atoms with E-state index in [2.05, 4.69) is 105 Å². The first-order valence-electron chi connectivity index (χ1n) is 18.6. The van der Waals surface area contributed by atoms with Crippen molar-refractivity contribution in [1.29, 1.82) is 0 Å². The Kier molecular flexibility index (Phi) is 12.2. The van der Waals surface area contributed by atoms with E-state index in [0.717, 1.165) is 25.7 Å². The highest BCUT2D eigenvalue weighted by Gasteiger charge is 2.50. The van der Waals surface area contributed by atoms with Crippen molar-refractivity contribution in [3.63, 3.8) is 0 Å². The minimum absolute atomic E-state index is 0.0110. The summed E-state index contributed by atoms with van der Waals surface area (Å²) in [5.41, 5.74) is 4.46. The summed E-state index contributed by atoms with van der Waals surface area (Å²) >= 11 is 1.44. The number of fused-ring (bicyclic) bond motifs is 1. The van der Waals surface area contributed by atoms with E-state index in [0.29, 0.717) is 34.6 Å². The fourth-order valence-corrected chi connectivity index (χ4v) is 11.6. The van der Waals surface area contributed by atoms with Crippen molar-refractivity contribution >= 4 is 28.0 Å². The largest absolute Gasteiger partial charge is 0.413 e. The van der Waals surface area contributed by atoms with Crippen LogP contribution in [-0.2, 0) is 8.85 Å². The second-order valence-electron chi connectivity index (χ2n) is 18.6. The lowest BCUT2D eigenvalue weighted by Crippen LogP contribution is -2.49. The van der Waals surface area contributed by atoms with Crippen LogP contribution in [0.1, 0.15) is 131 Å². The number of hydrogen-bond acceptors (Lipinski definition) is 4. The topological polar surface area (TPSA) is 31.4 Å². The Bertz CT molecular complexity index is 1270. The molecule has 0 spiro atoms. The molecule has 0 aromatic carbocycles. The molecular formula is C40H68FNO2SSi2. The van der Waals surface area contributed by atoms with E-state index in [-0.39, 0.29) is 22.3 Å². The summed E-state index contributed by atoms with van der Waals surface area (Å²) in [6, 6.07) is 0. The van der Waals surface area contributed by atoms with Gasteiger partial charge in [-0.1, -0.05) is 86.1 Å². The molecule has 0 amide bonds. The van der Waals surface area contributed by atoms with Crippen LogP contribution < -0.4 is 0 Å². The molecule has 0 radical (unpaired) electrons. The summed E-state index contributed by atoms with van der Waals surface area (Å²) < 4.78 is 28.9. The highest BCUT2D eigenvalue weighted by atomic mass is 32.1. The average molecular weight is 702 g/mol. The summed E-state index contributed by atoms with van der Waals surface area (Å²) in [5.74, 6) is 1.96. The Morgan fingerprint density at radius 2 is 1.70 bits per heavy atom. The lowest BCUT2D eigenvalue weighted by Gasteiger charge is -2.46. The molecule has 0 bridgehead atoms. The average Bonchev–Trinajstić information content (AvgIpc) is 3.60. The van der Waals surface area contributed by atoms with Gasteiger partial charge in [-0.3, -0.25) is 0 Å². The van der Waals surface area contributed by atoms with Gasteiger partial charge in [-0.15, -0.1) is 11.3 Å². The van der Waals surface area contributed by atoms with Gasteiger partial charge in [0.15, 0.2) is 22.8 Å². The van der Waals surface area contributed by atoms with E-state index in [1.807, 2.05) is 5.38 Å². The van der Waals surface area contributed by atoms with E-state index in [1.54, 1.807) is 11.8 Å². The minimum atomic E-state index is -1.99. The Balaban J connectivity index is 1.51. The van der Waals surface area contributed by atoms with Crippen molar-refractivity contribution in [2.45, 2.75) is 174 Å². The smallest absolute Gasteiger partial charge is 0.192 e. The van der Waals surface area contributed by atoms with E-state index in [9.17, 15) is 4.39 Å². The number of allylic oxidation sites excluding steroid dienone is 3. The van der Waals surface area contributed by atoms with Crippen molar-refractivity contribution in [2.24, 2.45) is 23.2 Å². The highest BCUT2D eigenvalue weighted by Crippen LogP contribution is 2.60. The maximum Gasteiger partial charge on any atom is 0.192 e. The van der Waals surface area contributed by atoms with Gasteiger partial charge in [0.1, 0.15) is 5.01 Å². The first-order valence-corrected chi connectivity index (χ1v) is 25.3. The number of rotatable bonds is 11. The molecule has 1 aromatic heterocycles. The van der Waals surface area contributed by atoms with Gasteiger partial charge >= 0.3 is 0 Å². The van der Waals surface area contributed by atoms with E-state index in [1.165, 1.54) is 54.6 Å². The fraction of sp³-hybridized carbons (Fsp3) is 0.775. The van der Waals surface area contributed by atoms with Gasteiger partial charge in [0.25, 0.3) is 0 Å². The number of alkyl halides is 1. The molecule has 3 aliphatic rings. The van der Waals surface area contributed by atoms with Crippen LogP contribution >= 0.6 is 11.3 Å². The van der Waals surface area contributed by atoms with Crippen LogP contribution in [0.4, 0.5) is 4.39 Å². The van der Waals surface area contributed by atoms with Crippen LogP contribution in [0, 0.1) is 23.2 Å². The Morgan fingerprint density at radius 1 is 1.04 bits per heavy atom. The first kappa shape index (κ1) is 38.9. The quantitative estimate of drug-likeness (QED) is 0.215. The van der Waals surface area contributed by atoms with Crippen LogP contribution in [0.5, 0.6) is 0 Å². The molecule has 3 nitrogen and oxygen atoms in total. The Hall–Kier alpha value is -0.866. The molecular weight excluding hydrogens is 634 g/mol. The van der Waals surface area contributed by atoms with Gasteiger partial charge in [0.05, 0.1) is 12.2 Å². The monoisotopic (exact) mass is 701 g/mol. The zero-order chi connectivity index (χ0) is 35.0. The SMILES string of the molecule is C=C1/C(=C\C=C2/CCC[C@]3(C)[C@@H]([C@H](C)CCCC(F)c4nccs4)CC[C@@H]23)C[C@@H](O[Si](C)(C)C(C)(C)C)C[C@@H]1O[Si](C)(C)C(C)(C)C. The fourth-order valence-electron chi connectivity index (χ4n) is 8.31. The van der Waals surface area contributed by atoms with E-state index >= 15 is 0 Å². The predicted octanol–water partition coefficient (Wildman–Crippen LogP) is 13.2. The summed E-state index contributed by atoms with van der Waals surface area (Å²) in [7, 11) is -3.93. The molecule has 0 N–H and O–H groups in total. The first-order chi connectivity index (χ1) is 21.7. The van der Waals surface area contributed by atoms with Gasteiger partial charge in [-0.25, -0.2) is 9.37 Å². The number of thiazole rings is 1. The zero-order valence-corrected chi connectivity index (χ0v) is 34.9. The number of nitrogens with zero attached hydrogens (tertiary/aromatic N) is 1. The van der Waals surface area contributed by atoms with Crippen LogP contribution in [0.15, 0.2) is 47.0 Å². The van der Waals surface area contributed by atoms with Gasteiger partial charge < -0.3 is 8.85 Å². The van der Waals surface area contributed by atoms with Crippen molar-refractivity contribution in [3.8, 4) is 0 Å². The molecule has 7 atom stereocenters. The summed E-state index contributed by atoms with van der Waals surface area (Å²) in [6.07, 6.45) is 16.7. The summed E-state index contributed by atoms with van der Waals surface area (Å²) in [6.45, 7) is 33.2. The van der Waals surface area contributed by atoms with Crippen molar-refractivity contribution < 1.29 is 13.2 Å². The molecule has 0 aliphatic heterocycles. The van der Waals surface area contributed by atoms with Crippen LogP contribution in [0.25, 0.3) is 0 Å². The normalized spacial score (nSPS) is 31.0. The second-order valence-corrected chi connectivity index (χ2v) is 29.0. The number of halogens is 1. The lowest BCUT2D eigenvalue weighted by atomic mass is 9.60. The van der Waals surface area contributed by atoms with Crippen LogP contribution in [0.2, 0.25) is 36.3 Å². The van der Waals surface area contributed by atoms with Crippen LogP contribution in [-0.4, -0.2) is 33.8 Å². The Morgan fingerprint density at radius 3 is 2.32 bits per heavy atom. The minimum Gasteiger partial charge on any atom is -0.413 e. The molecule has 0 saturated heterocycles. The molecule has 7 heteroatoms. The maximum absolute atomic E-state index is 14.7. The number of aromatic nitrogens is 1. The maximum atomic E-state index is 14.7. The van der Waals surface area contributed by atoms with E-state index < -0.39 is 22.8 Å². The highest BCUT2D eigenvalue weighted by molar-refractivity contribution is 7.09. The molecule has 3 saturated carbocycles. The molecule has 1 aromatic rings. The molecule has 4 rings (SSSR count). The zero-order valence-electron chi connectivity index (χ0n) is 32.1. The third-order valence-electron chi connectivity index (χ3n) is 13.3. The number of hydrogen-bond donors (Lipinski definition) is 0. The van der Waals surface area contributed by atoms with Gasteiger partial charge in [-0.2, -0.15) is 0 Å². The van der Waals surface area contributed by atoms with Crippen molar-refractivity contribution in [3.05, 3.63) is 52.0 Å². The summed E-state index contributed by atoms with van der Waals surface area (Å²) in [5, 5.41) is 2.82.